The van der Waals surface area contributed by atoms with Gasteiger partial charge in [-0.3, -0.25) is 0 Å². The molecular formula is C14H11BrN2S. The van der Waals surface area contributed by atoms with Gasteiger partial charge < -0.3 is 5.32 Å². The van der Waals surface area contributed by atoms with Crippen LogP contribution >= 0.6 is 27.7 Å². The van der Waals surface area contributed by atoms with E-state index >= 15 is 0 Å². The smallest absolute Gasteiger partial charge is 0.0992 e. The molecule has 0 amide bonds. The summed E-state index contributed by atoms with van der Waals surface area (Å²) in [6.07, 6.45) is 2.06. The van der Waals surface area contributed by atoms with E-state index in [4.69, 9.17) is 5.26 Å². The summed E-state index contributed by atoms with van der Waals surface area (Å²) in [6, 6.07) is 15.8. The highest BCUT2D eigenvalue weighted by Gasteiger charge is 2.02. The number of hydrogen-bond acceptors (Lipinski definition) is 3. The average molecular weight is 319 g/mol. The molecule has 0 bridgehead atoms. The van der Waals surface area contributed by atoms with Crippen LogP contribution in [0.15, 0.2) is 51.8 Å². The van der Waals surface area contributed by atoms with E-state index in [2.05, 4.69) is 45.7 Å². The Morgan fingerprint density at radius 1 is 1.17 bits per heavy atom. The third kappa shape index (κ3) is 3.06. The predicted molar refractivity (Wildman–Crippen MR) is 80.4 cm³/mol. The van der Waals surface area contributed by atoms with Crippen molar-refractivity contribution in [3.05, 3.63) is 52.5 Å². The lowest BCUT2D eigenvalue weighted by molar-refractivity contribution is 1.43. The van der Waals surface area contributed by atoms with Gasteiger partial charge in [-0.1, -0.05) is 0 Å². The highest BCUT2D eigenvalue weighted by atomic mass is 79.9. The van der Waals surface area contributed by atoms with Crippen molar-refractivity contribution in [1.82, 2.24) is 0 Å². The van der Waals surface area contributed by atoms with Crippen molar-refractivity contribution in [1.29, 1.82) is 5.26 Å². The van der Waals surface area contributed by atoms with Crippen LogP contribution in [0.2, 0.25) is 0 Å². The van der Waals surface area contributed by atoms with E-state index < -0.39 is 0 Å². The van der Waals surface area contributed by atoms with E-state index in [1.807, 2.05) is 18.2 Å². The first-order valence-electron chi connectivity index (χ1n) is 5.33. The average Bonchev–Trinajstić information content (AvgIpc) is 2.42. The molecule has 1 N–H and O–H groups in total. The molecule has 2 nitrogen and oxygen atoms in total. The van der Waals surface area contributed by atoms with Gasteiger partial charge in [-0.05, 0) is 64.7 Å². The maximum Gasteiger partial charge on any atom is 0.0992 e. The molecule has 0 saturated carbocycles. The molecule has 2 aromatic carbocycles. The van der Waals surface area contributed by atoms with Crippen molar-refractivity contribution in [3.8, 4) is 6.07 Å². The minimum absolute atomic E-state index is 0.644. The number of halogens is 1. The number of nitriles is 1. The van der Waals surface area contributed by atoms with Crippen LogP contribution in [-0.2, 0) is 0 Å². The Morgan fingerprint density at radius 2 is 1.89 bits per heavy atom. The molecule has 0 aromatic heterocycles. The second-order valence-electron chi connectivity index (χ2n) is 3.66. The van der Waals surface area contributed by atoms with E-state index in [0.717, 1.165) is 15.8 Å². The molecule has 0 spiro atoms. The highest BCUT2D eigenvalue weighted by molar-refractivity contribution is 9.10. The number of benzene rings is 2. The normalized spacial score (nSPS) is 9.83. The van der Waals surface area contributed by atoms with Crippen molar-refractivity contribution >= 4 is 39.1 Å². The Labute approximate surface area is 119 Å². The van der Waals surface area contributed by atoms with Crippen molar-refractivity contribution in [2.75, 3.05) is 11.6 Å². The number of rotatable bonds is 3. The summed E-state index contributed by atoms with van der Waals surface area (Å²) in [4.78, 5) is 1.24. The lowest BCUT2D eigenvalue weighted by Gasteiger charge is -2.09. The zero-order valence-corrected chi connectivity index (χ0v) is 12.2. The zero-order chi connectivity index (χ0) is 13.0. The van der Waals surface area contributed by atoms with Gasteiger partial charge in [0.05, 0.1) is 17.3 Å². The van der Waals surface area contributed by atoms with Gasteiger partial charge in [-0.25, -0.2) is 0 Å². The summed E-state index contributed by atoms with van der Waals surface area (Å²) in [6.45, 7) is 0. The van der Waals surface area contributed by atoms with Crippen LogP contribution in [0.4, 0.5) is 11.4 Å². The van der Waals surface area contributed by atoms with Gasteiger partial charge in [0, 0.05) is 15.1 Å². The zero-order valence-electron chi connectivity index (χ0n) is 9.77. The minimum Gasteiger partial charge on any atom is -0.355 e. The fourth-order valence-electron chi connectivity index (χ4n) is 1.52. The maximum atomic E-state index is 8.81. The molecule has 4 heteroatoms. The standard InChI is InChI=1S/C14H11BrN2S/c1-18-12-5-3-11(4-6-12)17-14-7-2-10(9-16)8-13(14)15/h2-8,17H,1H3. The van der Waals surface area contributed by atoms with Gasteiger partial charge >= 0.3 is 0 Å². The molecule has 90 valence electrons. The topological polar surface area (TPSA) is 35.8 Å². The molecule has 0 saturated heterocycles. The first-order chi connectivity index (χ1) is 8.72. The number of thioether (sulfide) groups is 1. The molecule has 0 aliphatic carbocycles. The van der Waals surface area contributed by atoms with Crippen molar-refractivity contribution in [3.63, 3.8) is 0 Å². The van der Waals surface area contributed by atoms with Gasteiger partial charge in [-0.2, -0.15) is 5.26 Å². The Bertz CT molecular complexity index is 588. The molecule has 0 atom stereocenters. The second-order valence-corrected chi connectivity index (χ2v) is 5.39. The summed E-state index contributed by atoms with van der Waals surface area (Å²) in [5, 5.41) is 12.1. The number of nitrogens with zero attached hydrogens (tertiary/aromatic N) is 1. The Morgan fingerprint density at radius 3 is 2.44 bits per heavy atom. The first-order valence-corrected chi connectivity index (χ1v) is 7.35. The molecule has 0 unspecified atom stereocenters. The molecule has 0 fully saturated rings. The molecular weight excluding hydrogens is 308 g/mol. The van der Waals surface area contributed by atoms with E-state index in [9.17, 15) is 0 Å². The molecule has 2 aromatic rings. The molecule has 2 rings (SSSR count). The lowest BCUT2D eigenvalue weighted by atomic mass is 10.2. The van der Waals surface area contributed by atoms with Gasteiger partial charge in [-0.15, -0.1) is 11.8 Å². The maximum absolute atomic E-state index is 8.81. The fourth-order valence-corrected chi connectivity index (χ4v) is 2.40. The van der Waals surface area contributed by atoms with Gasteiger partial charge in [0.1, 0.15) is 0 Å². The molecule has 0 heterocycles. The van der Waals surface area contributed by atoms with E-state index in [-0.39, 0.29) is 0 Å². The number of nitrogens with one attached hydrogen (secondary N) is 1. The first kappa shape index (κ1) is 13.0. The minimum atomic E-state index is 0.644. The van der Waals surface area contributed by atoms with Crippen LogP contribution in [0.25, 0.3) is 0 Å². The van der Waals surface area contributed by atoms with Gasteiger partial charge in [0.2, 0.25) is 0 Å². The summed E-state index contributed by atoms with van der Waals surface area (Å²) in [7, 11) is 0. The second kappa shape index (κ2) is 5.94. The fraction of sp³-hybridized carbons (Fsp3) is 0.0714. The van der Waals surface area contributed by atoms with Crippen LogP contribution in [0.1, 0.15) is 5.56 Å². The predicted octanol–water partition coefficient (Wildman–Crippen LogP) is 4.79. The summed E-state index contributed by atoms with van der Waals surface area (Å²) in [5.41, 5.74) is 2.62. The molecule has 0 aliphatic heterocycles. The molecule has 18 heavy (non-hydrogen) atoms. The van der Waals surface area contributed by atoms with Crippen LogP contribution in [0.5, 0.6) is 0 Å². The van der Waals surface area contributed by atoms with Crippen LogP contribution in [0.3, 0.4) is 0 Å². The van der Waals surface area contributed by atoms with Crippen LogP contribution in [0, 0.1) is 11.3 Å². The quantitative estimate of drug-likeness (QED) is 0.827. The van der Waals surface area contributed by atoms with Crippen molar-refractivity contribution in [2.45, 2.75) is 4.90 Å². The monoisotopic (exact) mass is 318 g/mol. The van der Waals surface area contributed by atoms with Crippen LogP contribution < -0.4 is 5.32 Å². The van der Waals surface area contributed by atoms with Crippen LogP contribution in [-0.4, -0.2) is 6.26 Å². The third-order valence-corrected chi connectivity index (χ3v) is 3.87. The summed E-state index contributed by atoms with van der Waals surface area (Å²) >= 11 is 5.17. The lowest BCUT2D eigenvalue weighted by Crippen LogP contribution is -1.91. The number of anilines is 2. The van der Waals surface area contributed by atoms with Crippen molar-refractivity contribution < 1.29 is 0 Å². The third-order valence-electron chi connectivity index (χ3n) is 2.47. The molecule has 0 radical (unpaired) electrons. The van der Waals surface area contributed by atoms with E-state index in [1.54, 1.807) is 23.9 Å². The van der Waals surface area contributed by atoms with Crippen molar-refractivity contribution in [2.24, 2.45) is 0 Å². The molecule has 0 aliphatic rings. The van der Waals surface area contributed by atoms with E-state index in [0.29, 0.717) is 5.56 Å². The van der Waals surface area contributed by atoms with Gasteiger partial charge in [0.15, 0.2) is 0 Å². The highest BCUT2D eigenvalue weighted by Crippen LogP contribution is 2.27. The van der Waals surface area contributed by atoms with Gasteiger partial charge in [0.25, 0.3) is 0 Å². The summed E-state index contributed by atoms with van der Waals surface area (Å²) in [5.74, 6) is 0. The SMILES string of the molecule is CSc1ccc(Nc2ccc(C#N)cc2Br)cc1. The number of hydrogen-bond donors (Lipinski definition) is 1. The largest absolute Gasteiger partial charge is 0.355 e. The Hall–Kier alpha value is -1.44. The summed E-state index contributed by atoms with van der Waals surface area (Å²) < 4.78 is 0.885. The van der Waals surface area contributed by atoms with E-state index in [1.165, 1.54) is 4.90 Å². The Balaban J connectivity index is 2.20. The Kier molecular flexibility index (Phi) is 4.29.